The highest BCUT2D eigenvalue weighted by molar-refractivity contribution is 5.77. The van der Waals surface area contributed by atoms with Gasteiger partial charge in [0.2, 0.25) is 5.91 Å². The van der Waals surface area contributed by atoms with Crippen LogP contribution in [0.3, 0.4) is 0 Å². The highest BCUT2D eigenvalue weighted by Gasteiger charge is 2.20. The van der Waals surface area contributed by atoms with E-state index in [0.29, 0.717) is 19.5 Å². The van der Waals surface area contributed by atoms with Gasteiger partial charge in [0.15, 0.2) is 0 Å². The lowest BCUT2D eigenvalue weighted by molar-refractivity contribution is -0.146. The van der Waals surface area contributed by atoms with Crippen LogP contribution in [0.5, 0.6) is 0 Å². The first-order valence-electron chi connectivity index (χ1n) is 5.92. The van der Waals surface area contributed by atoms with Crippen molar-refractivity contribution in [2.75, 3.05) is 20.2 Å². The lowest BCUT2D eigenvalue weighted by Gasteiger charge is -2.24. The Bertz CT molecular complexity index is 228. The Labute approximate surface area is 98.0 Å². The van der Waals surface area contributed by atoms with E-state index < -0.39 is 0 Å². The van der Waals surface area contributed by atoms with Crippen molar-refractivity contribution < 1.29 is 14.3 Å². The molecule has 1 amide bonds. The van der Waals surface area contributed by atoms with Gasteiger partial charge >= 0.3 is 5.97 Å². The Morgan fingerprint density at radius 1 is 1.25 bits per heavy atom. The van der Waals surface area contributed by atoms with Crippen molar-refractivity contribution in [1.29, 1.82) is 0 Å². The Morgan fingerprint density at radius 2 is 1.88 bits per heavy atom. The molecule has 0 spiro atoms. The quantitative estimate of drug-likeness (QED) is 0.626. The minimum atomic E-state index is -0.259. The molecule has 4 nitrogen and oxygen atoms in total. The number of esters is 1. The minimum absolute atomic E-state index is 0.125. The lowest BCUT2D eigenvalue weighted by atomic mass is 10.1. The summed E-state index contributed by atoms with van der Waals surface area (Å²) in [5, 5.41) is 0. The minimum Gasteiger partial charge on any atom is -0.469 e. The second-order valence-corrected chi connectivity index (χ2v) is 4.01. The molecule has 0 fully saturated rings. The zero-order valence-corrected chi connectivity index (χ0v) is 10.8. The molecule has 4 heteroatoms. The summed E-state index contributed by atoms with van der Waals surface area (Å²) in [6.45, 7) is 6.95. The fraction of sp³-hybridized carbons (Fsp3) is 0.833. The van der Waals surface area contributed by atoms with Crippen molar-refractivity contribution in [3.8, 4) is 0 Å². The molecule has 0 N–H and O–H groups in total. The molecule has 0 saturated carbocycles. The summed E-state index contributed by atoms with van der Waals surface area (Å²) < 4.78 is 4.65. The Balaban J connectivity index is 4.31. The van der Waals surface area contributed by atoms with Crippen LogP contribution in [0, 0.1) is 5.92 Å². The van der Waals surface area contributed by atoms with E-state index in [-0.39, 0.29) is 17.8 Å². The molecule has 0 aliphatic heterocycles. The third-order valence-corrected chi connectivity index (χ3v) is 2.41. The molecule has 0 aliphatic rings. The molecule has 1 atom stereocenters. The first-order chi connectivity index (χ1) is 7.56. The monoisotopic (exact) mass is 229 g/mol. The van der Waals surface area contributed by atoms with Gasteiger partial charge in [0.05, 0.1) is 13.0 Å². The van der Waals surface area contributed by atoms with E-state index in [1.54, 1.807) is 11.8 Å². The molecule has 94 valence electrons. The Hall–Kier alpha value is -1.06. The summed E-state index contributed by atoms with van der Waals surface area (Å²) in [5.74, 6) is -0.386. The van der Waals surface area contributed by atoms with Gasteiger partial charge in [-0.3, -0.25) is 9.59 Å². The molecular weight excluding hydrogens is 206 g/mol. The van der Waals surface area contributed by atoms with Crippen molar-refractivity contribution in [3.05, 3.63) is 0 Å². The molecule has 0 aromatic rings. The van der Waals surface area contributed by atoms with Crippen LogP contribution in [0.25, 0.3) is 0 Å². The second-order valence-electron chi connectivity index (χ2n) is 4.01. The molecule has 16 heavy (non-hydrogen) atoms. The van der Waals surface area contributed by atoms with Crippen LogP contribution >= 0.6 is 0 Å². The fourth-order valence-corrected chi connectivity index (χ4v) is 1.57. The lowest BCUT2D eigenvalue weighted by Crippen LogP contribution is -2.37. The number of hydrogen-bond donors (Lipinski definition) is 0. The van der Waals surface area contributed by atoms with Gasteiger partial charge in [-0.1, -0.05) is 20.8 Å². The maximum Gasteiger partial charge on any atom is 0.310 e. The van der Waals surface area contributed by atoms with Crippen LogP contribution in [-0.4, -0.2) is 37.0 Å². The predicted molar refractivity (Wildman–Crippen MR) is 63.0 cm³/mol. The van der Waals surface area contributed by atoms with Gasteiger partial charge in [0, 0.05) is 19.5 Å². The summed E-state index contributed by atoms with van der Waals surface area (Å²) in [6, 6.07) is 0. The summed E-state index contributed by atoms with van der Waals surface area (Å²) in [5.41, 5.74) is 0. The number of nitrogens with zero attached hydrogens (tertiary/aromatic N) is 1. The normalized spacial score (nSPS) is 12.0. The molecular formula is C12H23NO3. The summed E-state index contributed by atoms with van der Waals surface area (Å²) in [6.07, 6.45) is 2.29. The van der Waals surface area contributed by atoms with Crippen LogP contribution in [0.4, 0.5) is 0 Å². The molecule has 0 aromatic heterocycles. The maximum absolute atomic E-state index is 11.8. The highest BCUT2D eigenvalue weighted by Crippen LogP contribution is 2.06. The zero-order chi connectivity index (χ0) is 12.6. The molecule has 0 bridgehead atoms. The van der Waals surface area contributed by atoms with Crippen molar-refractivity contribution in [1.82, 2.24) is 4.90 Å². The highest BCUT2D eigenvalue weighted by atomic mass is 16.5. The fourth-order valence-electron chi connectivity index (χ4n) is 1.57. The summed E-state index contributed by atoms with van der Waals surface area (Å²) in [4.78, 5) is 24.8. The van der Waals surface area contributed by atoms with E-state index in [1.807, 2.05) is 13.8 Å². The van der Waals surface area contributed by atoms with Crippen LogP contribution < -0.4 is 0 Å². The number of amides is 1. The van der Waals surface area contributed by atoms with Crippen molar-refractivity contribution in [2.24, 2.45) is 5.92 Å². The summed E-state index contributed by atoms with van der Waals surface area (Å²) >= 11 is 0. The van der Waals surface area contributed by atoms with Gasteiger partial charge in [-0.05, 0) is 12.8 Å². The molecule has 0 heterocycles. The Kier molecular flexibility index (Phi) is 7.60. The SMILES string of the molecule is CCCC(=O)N(CCC)CC(C)C(=O)OC. The van der Waals surface area contributed by atoms with Crippen molar-refractivity contribution in [3.63, 3.8) is 0 Å². The van der Waals surface area contributed by atoms with Crippen LogP contribution in [-0.2, 0) is 14.3 Å². The van der Waals surface area contributed by atoms with E-state index in [0.717, 1.165) is 12.8 Å². The number of carbonyl (C=O) groups excluding carboxylic acids is 2. The first-order valence-corrected chi connectivity index (χ1v) is 5.92. The average molecular weight is 229 g/mol. The van der Waals surface area contributed by atoms with E-state index in [2.05, 4.69) is 4.74 Å². The van der Waals surface area contributed by atoms with Crippen molar-refractivity contribution >= 4 is 11.9 Å². The Morgan fingerprint density at radius 3 is 2.31 bits per heavy atom. The van der Waals surface area contributed by atoms with E-state index in [1.165, 1.54) is 7.11 Å². The topological polar surface area (TPSA) is 46.6 Å². The average Bonchev–Trinajstić information content (AvgIpc) is 2.27. The number of methoxy groups -OCH3 is 1. The summed E-state index contributed by atoms with van der Waals surface area (Å²) in [7, 11) is 1.37. The smallest absolute Gasteiger partial charge is 0.310 e. The van der Waals surface area contributed by atoms with Crippen LogP contribution in [0.15, 0.2) is 0 Å². The third kappa shape index (κ3) is 5.14. The van der Waals surface area contributed by atoms with E-state index >= 15 is 0 Å². The van der Waals surface area contributed by atoms with Gasteiger partial charge in [-0.25, -0.2) is 0 Å². The number of hydrogen-bond acceptors (Lipinski definition) is 3. The molecule has 0 saturated heterocycles. The molecule has 0 radical (unpaired) electrons. The molecule has 1 unspecified atom stereocenters. The van der Waals surface area contributed by atoms with Crippen LogP contribution in [0.2, 0.25) is 0 Å². The van der Waals surface area contributed by atoms with Gasteiger partial charge < -0.3 is 9.64 Å². The maximum atomic E-state index is 11.8. The molecule has 0 rings (SSSR count). The zero-order valence-electron chi connectivity index (χ0n) is 10.8. The first kappa shape index (κ1) is 14.9. The molecule has 0 aromatic carbocycles. The van der Waals surface area contributed by atoms with Crippen molar-refractivity contribution in [2.45, 2.75) is 40.0 Å². The predicted octanol–water partition coefficient (Wildman–Crippen LogP) is 1.83. The number of rotatable bonds is 7. The molecule has 0 aliphatic carbocycles. The number of carbonyl (C=O) groups is 2. The number of ether oxygens (including phenoxy) is 1. The van der Waals surface area contributed by atoms with E-state index in [4.69, 9.17) is 0 Å². The standard InChI is InChI=1S/C12H23NO3/c1-5-7-11(14)13(8-6-2)9-10(3)12(15)16-4/h10H,5-9H2,1-4H3. The van der Waals surface area contributed by atoms with Crippen LogP contribution in [0.1, 0.15) is 40.0 Å². The van der Waals surface area contributed by atoms with Gasteiger partial charge in [0.25, 0.3) is 0 Å². The van der Waals surface area contributed by atoms with Gasteiger partial charge in [0.1, 0.15) is 0 Å². The second kappa shape index (κ2) is 8.13. The van der Waals surface area contributed by atoms with Gasteiger partial charge in [-0.15, -0.1) is 0 Å². The third-order valence-electron chi connectivity index (χ3n) is 2.41. The van der Waals surface area contributed by atoms with Gasteiger partial charge in [-0.2, -0.15) is 0 Å². The largest absolute Gasteiger partial charge is 0.469 e. The van der Waals surface area contributed by atoms with E-state index in [9.17, 15) is 9.59 Å².